The lowest BCUT2D eigenvalue weighted by Gasteiger charge is -2.11. The predicted molar refractivity (Wildman–Crippen MR) is 83.4 cm³/mol. The Labute approximate surface area is 126 Å². The van der Waals surface area contributed by atoms with Gasteiger partial charge in [-0.25, -0.2) is 4.79 Å². The number of ether oxygens (including phenoxy) is 1. The minimum absolute atomic E-state index is 0.122. The molecule has 0 atom stereocenters. The van der Waals surface area contributed by atoms with Gasteiger partial charge in [-0.2, -0.15) is 0 Å². The van der Waals surface area contributed by atoms with Crippen molar-refractivity contribution in [3.63, 3.8) is 0 Å². The first-order valence-electron chi connectivity index (χ1n) is 7.31. The molecule has 1 aromatic carbocycles. The second-order valence-electron chi connectivity index (χ2n) is 5.16. The van der Waals surface area contributed by atoms with Gasteiger partial charge in [0.05, 0.1) is 17.9 Å². The van der Waals surface area contributed by atoms with Crippen molar-refractivity contribution in [2.45, 2.75) is 27.2 Å². The van der Waals surface area contributed by atoms with Crippen LogP contribution in [0.5, 0.6) is 0 Å². The van der Waals surface area contributed by atoms with Crippen molar-refractivity contribution in [1.29, 1.82) is 0 Å². The molecule has 0 aliphatic rings. The van der Waals surface area contributed by atoms with E-state index in [1.807, 2.05) is 0 Å². The maximum atomic E-state index is 11.9. The topological polar surface area (TPSA) is 67.4 Å². The Hall–Kier alpha value is -1.88. The van der Waals surface area contributed by atoms with E-state index in [-0.39, 0.29) is 5.91 Å². The maximum absolute atomic E-state index is 11.9. The molecule has 21 heavy (non-hydrogen) atoms. The number of rotatable bonds is 8. The molecule has 5 nitrogen and oxygen atoms in total. The van der Waals surface area contributed by atoms with Crippen LogP contribution in [0.1, 0.15) is 37.6 Å². The van der Waals surface area contributed by atoms with E-state index in [9.17, 15) is 9.59 Å². The SMILES string of the molecule is CCOC(=O)c1ccccc1NC(=O)CCNCC(C)C. The van der Waals surface area contributed by atoms with Crippen molar-refractivity contribution in [2.75, 3.05) is 25.0 Å². The van der Waals surface area contributed by atoms with E-state index >= 15 is 0 Å². The van der Waals surface area contributed by atoms with Crippen LogP contribution in [0.3, 0.4) is 0 Å². The fourth-order valence-electron chi connectivity index (χ4n) is 1.78. The third kappa shape index (κ3) is 6.40. The molecule has 0 saturated carbocycles. The highest BCUT2D eigenvalue weighted by Gasteiger charge is 2.13. The molecule has 0 aromatic heterocycles. The summed E-state index contributed by atoms with van der Waals surface area (Å²) in [6, 6.07) is 6.86. The van der Waals surface area contributed by atoms with Crippen molar-refractivity contribution in [1.82, 2.24) is 5.32 Å². The molecule has 1 aromatic rings. The summed E-state index contributed by atoms with van der Waals surface area (Å²) in [5.74, 6) is 0.00642. The number of esters is 1. The molecule has 0 unspecified atom stereocenters. The van der Waals surface area contributed by atoms with Gasteiger partial charge >= 0.3 is 5.97 Å². The van der Waals surface area contributed by atoms with Gasteiger partial charge in [0.25, 0.3) is 0 Å². The number of benzene rings is 1. The summed E-state index contributed by atoms with van der Waals surface area (Å²) in [6.45, 7) is 7.78. The number of hydrogen-bond acceptors (Lipinski definition) is 4. The van der Waals surface area contributed by atoms with Crippen molar-refractivity contribution in [3.05, 3.63) is 29.8 Å². The zero-order valence-corrected chi connectivity index (χ0v) is 12.9. The van der Waals surface area contributed by atoms with Crippen LogP contribution in [-0.2, 0) is 9.53 Å². The van der Waals surface area contributed by atoms with Crippen molar-refractivity contribution in [2.24, 2.45) is 5.92 Å². The van der Waals surface area contributed by atoms with Gasteiger partial charge in [0.2, 0.25) is 5.91 Å². The molecule has 0 bridgehead atoms. The van der Waals surface area contributed by atoms with Crippen LogP contribution in [0.25, 0.3) is 0 Å². The van der Waals surface area contributed by atoms with E-state index in [1.54, 1.807) is 31.2 Å². The first-order chi connectivity index (χ1) is 10.0. The molecule has 0 aliphatic carbocycles. The Morgan fingerprint density at radius 1 is 1.24 bits per heavy atom. The minimum Gasteiger partial charge on any atom is -0.462 e. The Bertz CT molecular complexity index is 472. The van der Waals surface area contributed by atoms with E-state index in [4.69, 9.17) is 4.74 Å². The molecule has 5 heteroatoms. The highest BCUT2D eigenvalue weighted by molar-refractivity contribution is 6.01. The average molecular weight is 292 g/mol. The summed E-state index contributed by atoms with van der Waals surface area (Å²) in [5, 5.41) is 5.96. The molecule has 0 heterocycles. The van der Waals surface area contributed by atoms with Crippen molar-refractivity contribution in [3.8, 4) is 0 Å². The lowest BCUT2D eigenvalue weighted by Crippen LogP contribution is -2.25. The van der Waals surface area contributed by atoms with Crippen LogP contribution in [-0.4, -0.2) is 31.6 Å². The van der Waals surface area contributed by atoms with E-state index in [2.05, 4.69) is 24.5 Å². The van der Waals surface area contributed by atoms with E-state index < -0.39 is 5.97 Å². The number of para-hydroxylation sites is 1. The van der Waals surface area contributed by atoms with Crippen molar-refractivity contribution < 1.29 is 14.3 Å². The van der Waals surface area contributed by atoms with Gasteiger partial charge in [0.1, 0.15) is 0 Å². The molecule has 0 aliphatic heterocycles. The zero-order chi connectivity index (χ0) is 15.7. The van der Waals surface area contributed by atoms with Crippen LogP contribution in [0.2, 0.25) is 0 Å². The number of amides is 1. The second-order valence-corrected chi connectivity index (χ2v) is 5.16. The van der Waals surface area contributed by atoms with Crippen LogP contribution in [0.15, 0.2) is 24.3 Å². The Kier molecular flexibility index (Phi) is 7.46. The van der Waals surface area contributed by atoms with Gasteiger partial charge in [0.15, 0.2) is 0 Å². The van der Waals surface area contributed by atoms with E-state index in [0.29, 0.717) is 36.7 Å². The van der Waals surface area contributed by atoms with Gasteiger partial charge in [-0.05, 0) is 31.5 Å². The van der Waals surface area contributed by atoms with Gasteiger partial charge in [0, 0.05) is 13.0 Å². The molecular formula is C16H24N2O3. The summed E-state index contributed by atoms with van der Waals surface area (Å²) in [7, 11) is 0. The van der Waals surface area contributed by atoms with Crippen LogP contribution < -0.4 is 10.6 Å². The molecule has 1 amide bonds. The van der Waals surface area contributed by atoms with Crippen LogP contribution in [0, 0.1) is 5.92 Å². The fourth-order valence-corrected chi connectivity index (χ4v) is 1.78. The highest BCUT2D eigenvalue weighted by atomic mass is 16.5. The number of nitrogens with one attached hydrogen (secondary N) is 2. The number of anilines is 1. The standard InChI is InChI=1S/C16H24N2O3/c1-4-21-16(20)13-7-5-6-8-14(13)18-15(19)9-10-17-11-12(2)3/h5-8,12,17H,4,9-11H2,1-3H3,(H,18,19). The van der Waals surface area contributed by atoms with Gasteiger partial charge < -0.3 is 15.4 Å². The lowest BCUT2D eigenvalue weighted by atomic mass is 10.1. The summed E-state index contributed by atoms with van der Waals surface area (Å²) >= 11 is 0. The number of hydrogen-bond donors (Lipinski definition) is 2. The molecule has 0 saturated heterocycles. The fraction of sp³-hybridized carbons (Fsp3) is 0.500. The summed E-state index contributed by atoms with van der Waals surface area (Å²) in [6.07, 6.45) is 0.365. The second kappa shape index (κ2) is 9.13. The Balaban J connectivity index is 2.54. The molecule has 0 fully saturated rings. The van der Waals surface area contributed by atoms with Gasteiger partial charge in [-0.15, -0.1) is 0 Å². The number of carbonyl (C=O) groups excluding carboxylic acids is 2. The van der Waals surface area contributed by atoms with Gasteiger partial charge in [-0.1, -0.05) is 26.0 Å². The van der Waals surface area contributed by atoms with E-state index in [0.717, 1.165) is 6.54 Å². The summed E-state index contributed by atoms with van der Waals surface area (Å²) in [5.41, 5.74) is 0.868. The molecule has 1 rings (SSSR count). The predicted octanol–water partition coefficient (Wildman–Crippen LogP) is 2.44. The largest absolute Gasteiger partial charge is 0.462 e. The molecule has 2 N–H and O–H groups in total. The first kappa shape index (κ1) is 17.2. The molecule has 0 radical (unpaired) electrons. The number of carbonyl (C=O) groups is 2. The van der Waals surface area contributed by atoms with Crippen LogP contribution >= 0.6 is 0 Å². The summed E-state index contributed by atoms with van der Waals surface area (Å²) in [4.78, 5) is 23.7. The average Bonchev–Trinajstić information content (AvgIpc) is 2.44. The zero-order valence-electron chi connectivity index (χ0n) is 12.9. The lowest BCUT2D eigenvalue weighted by molar-refractivity contribution is -0.116. The molecule has 116 valence electrons. The summed E-state index contributed by atoms with van der Waals surface area (Å²) < 4.78 is 4.97. The maximum Gasteiger partial charge on any atom is 0.340 e. The minimum atomic E-state index is -0.425. The Morgan fingerprint density at radius 2 is 1.95 bits per heavy atom. The van der Waals surface area contributed by atoms with Crippen molar-refractivity contribution >= 4 is 17.6 Å². The monoisotopic (exact) mass is 292 g/mol. The Morgan fingerprint density at radius 3 is 2.62 bits per heavy atom. The van der Waals surface area contributed by atoms with Gasteiger partial charge in [-0.3, -0.25) is 4.79 Å². The third-order valence-electron chi connectivity index (χ3n) is 2.78. The third-order valence-corrected chi connectivity index (χ3v) is 2.78. The molecule has 0 spiro atoms. The first-order valence-corrected chi connectivity index (χ1v) is 7.31. The quantitative estimate of drug-likeness (QED) is 0.570. The van der Waals surface area contributed by atoms with Crippen LogP contribution in [0.4, 0.5) is 5.69 Å². The van der Waals surface area contributed by atoms with E-state index in [1.165, 1.54) is 0 Å². The smallest absolute Gasteiger partial charge is 0.340 e. The molecular weight excluding hydrogens is 268 g/mol. The highest BCUT2D eigenvalue weighted by Crippen LogP contribution is 2.16. The normalized spacial score (nSPS) is 10.5.